The second kappa shape index (κ2) is 5.66. The number of hydrogen-bond acceptors (Lipinski definition) is 5. The van der Waals surface area contributed by atoms with Gasteiger partial charge >= 0.3 is 0 Å². The predicted molar refractivity (Wildman–Crippen MR) is 78.3 cm³/mol. The smallest absolute Gasteiger partial charge is 0.251 e. The quantitative estimate of drug-likeness (QED) is 0.733. The van der Waals surface area contributed by atoms with E-state index in [1.54, 1.807) is 20.3 Å². The minimum atomic E-state index is 0.411. The summed E-state index contributed by atoms with van der Waals surface area (Å²) >= 11 is 0. The number of aromatic nitrogens is 2. The molecule has 5 nitrogen and oxygen atoms in total. The number of hydrogen-bond donors (Lipinski definition) is 0. The van der Waals surface area contributed by atoms with Crippen LogP contribution < -0.4 is 9.47 Å². The largest absolute Gasteiger partial charge is 0.497 e. The molecule has 0 atom stereocenters. The zero-order valence-corrected chi connectivity index (χ0v) is 11.7. The highest BCUT2D eigenvalue weighted by atomic mass is 16.5. The highest BCUT2D eigenvalue weighted by Gasteiger charge is 2.15. The second-order valence-corrected chi connectivity index (χ2v) is 4.34. The monoisotopic (exact) mass is 282 g/mol. The second-order valence-electron chi connectivity index (χ2n) is 4.34. The molecule has 0 radical (unpaired) electrons. The average Bonchev–Trinajstić information content (AvgIpc) is 3.04. The maximum Gasteiger partial charge on any atom is 0.251 e. The summed E-state index contributed by atoms with van der Waals surface area (Å²) in [6.45, 7) is 0. The van der Waals surface area contributed by atoms with Gasteiger partial charge in [-0.15, -0.1) is 10.2 Å². The molecular formula is C16H14N2O3. The lowest BCUT2D eigenvalue weighted by atomic mass is 10.2. The molecule has 0 aliphatic carbocycles. The van der Waals surface area contributed by atoms with E-state index in [1.165, 1.54) is 0 Å². The fourth-order valence-corrected chi connectivity index (χ4v) is 2.00. The van der Waals surface area contributed by atoms with Crippen LogP contribution in [-0.2, 0) is 0 Å². The number of ether oxygens (including phenoxy) is 2. The molecule has 0 aliphatic heterocycles. The molecule has 1 heterocycles. The Morgan fingerprint density at radius 3 is 2.33 bits per heavy atom. The zero-order valence-electron chi connectivity index (χ0n) is 11.7. The molecule has 5 heteroatoms. The van der Waals surface area contributed by atoms with Crippen LogP contribution in [0.4, 0.5) is 0 Å². The summed E-state index contributed by atoms with van der Waals surface area (Å²) in [5, 5.41) is 8.17. The summed E-state index contributed by atoms with van der Waals surface area (Å²) in [7, 11) is 3.20. The topological polar surface area (TPSA) is 57.4 Å². The maximum atomic E-state index is 5.73. The summed E-state index contributed by atoms with van der Waals surface area (Å²) in [6.07, 6.45) is 0. The van der Waals surface area contributed by atoms with Gasteiger partial charge in [0.05, 0.1) is 19.8 Å². The predicted octanol–water partition coefficient (Wildman–Crippen LogP) is 3.42. The van der Waals surface area contributed by atoms with Gasteiger partial charge in [0.15, 0.2) is 0 Å². The fourth-order valence-electron chi connectivity index (χ4n) is 2.00. The summed E-state index contributed by atoms with van der Waals surface area (Å²) < 4.78 is 16.3. The van der Waals surface area contributed by atoms with Crippen molar-refractivity contribution in [3.8, 4) is 34.4 Å². The van der Waals surface area contributed by atoms with Crippen molar-refractivity contribution in [2.45, 2.75) is 0 Å². The molecule has 3 rings (SSSR count). The van der Waals surface area contributed by atoms with Crippen molar-refractivity contribution in [2.75, 3.05) is 14.2 Å². The normalized spacial score (nSPS) is 10.4. The zero-order chi connectivity index (χ0) is 14.7. The van der Waals surface area contributed by atoms with Crippen molar-refractivity contribution in [3.05, 3.63) is 48.5 Å². The third-order valence-corrected chi connectivity index (χ3v) is 3.08. The molecule has 0 fully saturated rings. The summed E-state index contributed by atoms with van der Waals surface area (Å²) in [5.74, 6) is 2.22. The lowest BCUT2D eigenvalue weighted by molar-refractivity contribution is 0.394. The van der Waals surface area contributed by atoms with Gasteiger partial charge in [-0.2, -0.15) is 0 Å². The van der Waals surface area contributed by atoms with Gasteiger partial charge in [-0.05, 0) is 24.3 Å². The van der Waals surface area contributed by atoms with Crippen molar-refractivity contribution in [3.63, 3.8) is 0 Å². The Morgan fingerprint density at radius 1 is 0.857 bits per heavy atom. The minimum absolute atomic E-state index is 0.411. The Hall–Kier alpha value is -2.82. The van der Waals surface area contributed by atoms with Gasteiger partial charge in [-0.3, -0.25) is 0 Å². The van der Waals surface area contributed by atoms with E-state index in [0.717, 1.165) is 11.1 Å². The van der Waals surface area contributed by atoms with Gasteiger partial charge in [-0.1, -0.05) is 18.2 Å². The Morgan fingerprint density at radius 2 is 1.62 bits per heavy atom. The number of methoxy groups -OCH3 is 2. The van der Waals surface area contributed by atoms with Crippen LogP contribution in [0.5, 0.6) is 11.5 Å². The molecule has 0 unspecified atom stereocenters. The van der Waals surface area contributed by atoms with Crippen molar-refractivity contribution < 1.29 is 13.9 Å². The number of rotatable bonds is 4. The van der Waals surface area contributed by atoms with Crippen LogP contribution in [0.3, 0.4) is 0 Å². The van der Waals surface area contributed by atoms with E-state index < -0.39 is 0 Å². The van der Waals surface area contributed by atoms with E-state index in [4.69, 9.17) is 13.9 Å². The van der Waals surface area contributed by atoms with Crippen molar-refractivity contribution in [1.82, 2.24) is 10.2 Å². The highest BCUT2D eigenvalue weighted by Crippen LogP contribution is 2.33. The minimum Gasteiger partial charge on any atom is -0.497 e. The lowest BCUT2D eigenvalue weighted by Gasteiger charge is -2.07. The third kappa shape index (κ3) is 2.58. The van der Waals surface area contributed by atoms with Gasteiger partial charge in [0.1, 0.15) is 11.5 Å². The van der Waals surface area contributed by atoms with Gasteiger partial charge < -0.3 is 13.9 Å². The van der Waals surface area contributed by atoms with Crippen LogP contribution in [0.25, 0.3) is 22.9 Å². The lowest BCUT2D eigenvalue weighted by Crippen LogP contribution is -1.90. The Kier molecular flexibility index (Phi) is 3.55. The van der Waals surface area contributed by atoms with Crippen LogP contribution in [0.2, 0.25) is 0 Å². The van der Waals surface area contributed by atoms with Crippen LogP contribution in [0.1, 0.15) is 0 Å². The fraction of sp³-hybridized carbons (Fsp3) is 0.125. The molecule has 106 valence electrons. The molecule has 0 amide bonds. The van der Waals surface area contributed by atoms with E-state index in [-0.39, 0.29) is 0 Å². The number of nitrogens with zero attached hydrogens (tertiary/aromatic N) is 2. The van der Waals surface area contributed by atoms with Crippen LogP contribution in [0, 0.1) is 0 Å². The van der Waals surface area contributed by atoms with Crippen molar-refractivity contribution in [1.29, 1.82) is 0 Å². The average molecular weight is 282 g/mol. The Bertz CT molecular complexity index is 738. The van der Waals surface area contributed by atoms with Crippen molar-refractivity contribution in [2.24, 2.45) is 0 Å². The van der Waals surface area contributed by atoms with E-state index in [2.05, 4.69) is 10.2 Å². The number of benzene rings is 2. The van der Waals surface area contributed by atoms with E-state index in [9.17, 15) is 0 Å². The summed E-state index contributed by atoms with van der Waals surface area (Å²) in [4.78, 5) is 0. The molecule has 0 saturated carbocycles. The Labute approximate surface area is 122 Å². The summed E-state index contributed by atoms with van der Waals surface area (Å²) in [5.41, 5.74) is 1.61. The van der Waals surface area contributed by atoms with Gasteiger partial charge in [-0.25, -0.2) is 0 Å². The van der Waals surface area contributed by atoms with Crippen LogP contribution in [-0.4, -0.2) is 24.4 Å². The molecular weight excluding hydrogens is 268 g/mol. The van der Waals surface area contributed by atoms with Gasteiger partial charge in [0.25, 0.3) is 5.89 Å². The molecule has 2 aromatic carbocycles. The van der Waals surface area contributed by atoms with E-state index >= 15 is 0 Å². The first-order valence-corrected chi connectivity index (χ1v) is 6.43. The standard InChI is InChI=1S/C16H14N2O3/c1-19-12-8-9-13(14(10-12)20-2)16-18-17-15(21-16)11-6-4-3-5-7-11/h3-10H,1-2H3. The SMILES string of the molecule is COc1ccc(-c2nnc(-c3ccccc3)o2)c(OC)c1. The molecule has 3 aromatic rings. The van der Waals surface area contributed by atoms with Crippen molar-refractivity contribution >= 4 is 0 Å². The van der Waals surface area contributed by atoms with E-state index in [0.29, 0.717) is 23.3 Å². The first-order valence-electron chi connectivity index (χ1n) is 6.43. The molecule has 0 saturated heterocycles. The summed E-state index contributed by atoms with van der Waals surface area (Å²) in [6, 6.07) is 15.1. The Balaban J connectivity index is 2.00. The molecule has 0 aliphatic rings. The molecule has 0 bridgehead atoms. The third-order valence-electron chi connectivity index (χ3n) is 3.08. The first kappa shape index (κ1) is 13.2. The van der Waals surface area contributed by atoms with Gasteiger partial charge in [0, 0.05) is 11.6 Å². The highest BCUT2D eigenvalue weighted by molar-refractivity contribution is 5.65. The van der Waals surface area contributed by atoms with E-state index in [1.807, 2.05) is 42.5 Å². The van der Waals surface area contributed by atoms with Crippen LogP contribution in [0.15, 0.2) is 52.9 Å². The molecule has 0 spiro atoms. The molecule has 21 heavy (non-hydrogen) atoms. The van der Waals surface area contributed by atoms with Crippen LogP contribution >= 0.6 is 0 Å². The molecule has 0 N–H and O–H groups in total. The first-order chi connectivity index (χ1) is 10.3. The van der Waals surface area contributed by atoms with Gasteiger partial charge in [0.2, 0.25) is 5.89 Å². The maximum absolute atomic E-state index is 5.73. The molecule has 1 aromatic heterocycles.